The second-order valence-corrected chi connectivity index (χ2v) is 4.46. The number of aromatic nitrogens is 3. The summed E-state index contributed by atoms with van der Waals surface area (Å²) < 4.78 is 38.7. The Morgan fingerprint density at radius 1 is 1.33 bits per heavy atom. The molecule has 0 fully saturated rings. The minimum Gasteiger partial charge on any atom is -0.326 e. The Hall–Kier alpha value is -1.54. The molecule has 96 valence electrons. The first-order valence-corrected chi connectivity index (χ1v) is 5.76. The summed E-state index contributed by atoms with van der Waals surface area (Å²) in [4.78, 5) is 3.85. The van der Waals surface area contributed by atoms with Crippen molar-refractivity contribution in [3.8, 4) is 0 Å². The van der Waals surface area contributed by atoms with E-state index in [-0.39, 0.29) is 11.4 Å². The van der Waals surface area contributed by atoms with Crippen molar-refractivity contribution in [1.82, 2.24) is 15.2 Å². The molecule has 3 N–H and O–H groups in total. The fourth-order valence-electron chi connectivity index (χ4n) is 1.36. The first-order chi connectivity index (χ1) is 8.50. The number of nitrogens with two attached hydrogens (primary N) is 1. The number of hydrogen-bond donors (Lipinski definition) is 2. The van der Waals surface area contributed by atoms with Gasteiger partial charge in [0, 0.05) is 11.4 Å². The van der Waals surface area contributed by atoms with Crippen LogP contribution in [-0.2, 0) is 12.7 Å². The van der Waals surface area contributed by atoms with Crippen molar-refractivity contribution in [3.63, 3.8) is 0 Å². The van der Waals surface area contributed by atoms with Crippen LogP contribution in [0.4, 0.5) is 13.2 Å². The van der Waals surface area contributed by atoms with Crippen molar-refractivity contribution in [3.05, 3.63) is 35.7 Å². The number of aromatic amines is 1. The van der Waals surface area contributed by atoms with E-state index in [0.29, 0.717) is 10.7 Å². The van der Waals surface area contributed by atoms with Crippen LogP contribution >= 0.6 is 11.8 Å². The van der Waals surface area contributed by atoms with E-state index in [1.165, 1.54) is 12.4 Å². The lowest BCUT2D eigenvalue weighted by molar-refractivity contribution is -0.139. The molecule has 0 aliphatic heterocycles. The summed E-state index contributed by atoms with van der Waals surface area (Å²) in [5.74, 6) is 0. The first-order valence-electron chi connectivity index (χ1n) is 4.94. The smallest absolute Gasteiger partial charge is 0.326 e. The molecule has 0 spiro atoms. The molecule has 2 rings (SSSR count). The van der Waals surface area contributed by atoms with Crippen LogP contribution in [0.25, 0.3) is 0 Å². The van der Waals surface area contributed by atoms with E-state index >= 15 is 0 Å². The predicted octanol–water partition coefficient (Wildman–Crippen LogP) is 2.43. The molecule has 2 aromatic rings. The van der Waals surface area contributed by atoms with Crippen molar-refractivity contribution < 1.29 is 13.2 Å². The summed E-state index contributed by atoms with van der Waals surface area (Å²) in [7, 11) is 0. The van der Waals surface area contributed by atoms with Crippen LogP contribution in [0.5, 0.6) is 0 Å². The summed E-state index contributed by atoms with van der Waals surface area (Å²) >= 11 is 0.877. The molecule has 1 heterocycles. The molecule has 1 aromatic heterocycles. The van der Waals surface area contributed by atoms with E-state index in [1.54, 1.807) is 6.07 Å². The standard InChI is InChI=1S/C10H9F3N4S/c11-10(12,13)7-3-6(4-14)1-2-8(7)18-9-15-5-16-17-9/h1-3,5H,4,14H2,(H,15,16,17). The zero-order chi connectivity index (χ0) is 13.2. The average molecular weight is 274 g/mol. The van der Waals surface area contributed by atoms with Gasteiger partial charge in [-0.2, -0.15) is 18.3 Å². The van der Waals surface area contributed by atoms with Crippen molar-refractivity contribution in [2.75, 3.05) is 0 Å². The van der Waals surface area contributed by atoms with Gasteiger partial charge in [0.1, 0.15) is 6.33 Å². The quantitative estimate of drug-likeness (QED) is 0.902. The van der Waals surface area contributed by atoms with Crippen molar-refractivity contribution in [1.29, 1.82) is 0 Å². The number of rotatable bonds is 3. The first kappa shape index (κ1) is 12.9. The molecule has 18 heavy (non-hydrogen) atoms. The molecule has 0 aliphatic rings. The summed E-state index contributed by atoms with van der Waals surface area (Å²) in [6, 6.07) is 4.00. The second kappa shape index (κ2) is 4.99. The predicted molar refractivity (Wildman–Crippen MR) is 59.8 cm³/mol. The van der Waals surface area contributed by atoms with Crippen LogP contribution in [0.1, 0.15) is 11.1 Å². The van der Waals surface area contributed by atoms with Gasteiger partial charge in [0.15, 0.2) is 5.16 Å². The number of hydrogen-bond acceptors (Lipinski definition) is 4. The third-order valence-corrected chi connectivity index (χ3v) is 3.15. The summed E-state index contributed by atoms with van der Waals surface area (Å²) in [6.45, 7) is 0.0658. The Morgan fingerprint density at radius 3 is 2.67 bits per heavy atom. The monoisotopic (exact) mass is 274 g/mol. The zero-order valence-corrected chi connectivity index (χ0v) is 9.85. The van der Waals surface area contributed by atoms with Gasteiger partial charge in [-0.1, -0.05) is 6.07 Å². The molecular formula is C10H9F3N4S. The Bertz CT molecular complexity index is 524. The SMILES string of the molecule is NCc1ccc(Sc2ncn[nH]2)c(C(F)(F)F)c1. The normalized spacial score (nSPS) is 11.8. The van der Waals surface area contributed by atoms with Gasteiger partial charge in [-0.3, -0.25) is 5.10 Å². The van der Waals surface area contributed by atoms with Gasteiger partial charge in [-0.25, -0.2) is 4.98 Å². The van der Waals surface area contributed by atoms with Crippen molar-refractivity contribution >= 4 is 11.8 Å². The minimum absolute atomic E-state index is 0.0658. The van der Waals surface area contributed by atoms with Crippen LogP contribution < -0.4 is 5.73 Å². The van der Waals surface area contributed by atoms with Crippen LogP contribution in [0.2, 0.25) is 0 Å². The molecule has 0 bridgehead atoms. The highest BCUT2D eigenvalue weighted by Crippen LogP contribution is 2.38. The number of halogens is 3. The summed E-state index contributed by atoms with van der Waals surface area (Å²) in [5, 5.41) is 6.39. The molecule has 0 atom stereocenters. The molecule has 0 saturated heterocycles. The van der Waals surface area contributed by atoms with Gasteiger partial charge in [0.2, 0.25) is 0 Å². The van der Waals surface area contributed by atoms with Crippen LogP contribution in [0.3, 0.4) is 0 Å². The summed E-state index contributed by atoms with van der Waals surface area (Å²) in [6.07, 6.45) is -3.18. The second-order valence-electron chi connectivity index (χ2n) is 3.43. The van der Waals surface area contributed by atoms with Crippen LogP contribution in [0, 0.1) is 0 Å². The number of nitrogens with zero attached hydrogens (tertiary/aromatic N) is 2. The lowest BCUT2D eigenvalue weighted by Crippen LogP contribution is -2.09. The highest BCUT2D eigenvalue weighted by atomic mass is 32.2. The Kier molecular flexibility index (Phi) is 3.58. The third kappa shape index (κ3) is 2.82. The molecule has 0 radical (unpaired) electrons. The number of H-pyrrole nitrogens is 1. The Balaban J connectivity index is 2.40. The number of alkyl halides is 3. The van der Waals surface area contributed by atoms with E-state index in [4.69, 9.17) is 5.73 Å². The maximum absolute atomic E-state index is 12.9. The molecule has 0 amide bonds. The van der Waals surface area contributed by atoms with E-state index in [0.717, 1.165) is 17.8 Å². The largest absolute Gasteiger partial charge is 0.417 e. The molecule has 0 unspecified atom stereocenters. The van der Waals surface area contributed by atoms with Gasteiger partial charge in [-0.05, 0) is 29.5 Å². The highest BCUT2D eigenvalue weighted by molar-refractivity contribution is 7.99. The Labute approximate surface area is 105 Å². The summed E-state index contributed by atoms with van der Waals surface area (Å²) in [5.41, 5.74) is 5.06. The van der Waals surface area contributed by atoms with Gasteiger partial charge in [0.25, 0.3) is 0 Å². The van der Waals surface area contributed by atoms with E-state index < -0.39 is 11.7 Å². The van der Waals surface area contributed by atoms with Crippen LogP contribution in [0.15, 0.2) is 34.6 Å². The topological polar surface area (TPSA) is 67.6 Å². The Morgan fingerprint density at radius 2 is 2.11 bits per heavy atom. The molecular weight excluding hydrogens is 265 g/mol. The number of benzene rings is 1. The number of nitrogens with one attached hydrogen (secondary N) is 1. The highest BCUT2D eigenvalue weighted by Gasteiger charge is 2.34. The molecule has 0 saturated carbocycles. The lowest BCUT2D eigenvalue weighted by atomic mass is 10.1. The maximum atomic E-state index is 12.9. The van der Waals surface area contributed by atoms with Gasteiger partial charge in [0.05, 0.1) is 5.56 Å². The van der Waals surface area contributed by atoms with E-state index in [9.17, 15) is 13.2 Å². The molecule has 1 aromatic carbocycles. The van der Waals surface area contributed by atoms with Gasteiger partial charge < -0.3 is 5.73 Å². The van der Waals surface area contributed by atoms with Crippen molar-refractivity contribution in [2.45, 2.75) is 22.8 Å². The zero-order valence-electron chi connectivity index (χ0n) is 9.03. The lowest BCUT2D eigenvalue weighted by Gasteiger charge is -2.12. The van der Waals surface area contributed by atoms with E-state index in [2.05, 4.69) is 15.2 Å². The third-order valence-electron chi connectivity index (χ3n) is 2.18. The molecule has 8 heteroatoms. The molecule has 0 aliphatic carbocycles. The minimum atomic E-state index is -4.42. The van der Waals surface area contributed by atoms with Gasteiger partial charge in [-0.15, -0.1) is 0 Å². The van der Waals surface area contributed by atoms with Gasteiger partial charge >= 0.3 is 6.18 Å². The van der Waals surface area contributed by atoms with Crippen molar-refractivity contribution in [2.24, 2.45) is 5.73 Å². The fraction of sp³-hybridized carbons (Fsp3) is 0.200. The fourth-order valence-corrected chi connectivity index (χ4v) is 2.19. The van der Waals surface area contributed by atoms with Crippen LogP contribution in [-0.4, -0.2) is 15.2 Å². The maximum Gasteiger partial charge on any atom is 0.417 e. The van der Waals surface area contributed by atoms with E-state index in [1.807, 2.05) is 0 Å². The average Bonchev–Trinajstić information content (AvgIpc) is 2.81. The molecule has 4 nitrogen and oxygen atoms in total.